The monoisotopic (exact) mass is 268 g/mol. The van der Waals surface area contributed by atoms with Gasteiger partial charge in [0.25, 0.3) is 0 Å². The molecule has 0 fully saturated rings. The highest BCUT2D eigenvalue weighted by atomic mass is 15.0. The Morgan fingerprint density at radius 3 is 2.90 bits per heavy atom. The van der Waals surface area contributed by atoms with E-state index in [1.807, 2.05) is 26.1 Å². The van der Waals surface area contributed by atoms with Crippen LogP contribution in [0.2, 0.25) is 0 Å². The van der Waals surface area contributed by atoms with E-state index in [9.17, 15) is 0 Å². The Balaban J connectivity index is 1.87. The summed E-state index contributed by atoms with van der Waals surface area (Å²) in [5, 5.41) is 3.51. The number of aryl methyl sites for hydroxylation is 3. The average Bonchev–Trinajstić information content (AvgIpc) is 2.43. The predicted octanol–water partition coefficient (Wildman–Crippen LogP) is 3.17. The molecular weight excluding hydrogens is 248 g/mol. The first kappa shape index (κ1) is 12.9. The van der Waals surface area contributed by atoms with Crippen molar-refractivity contribution in [3.8, 4) is 0 Å². The van der Waals surface area contributed by atoms with Crippen LogP contribution in [0, 0.1) is 13.8 Å². The molecule has 0 saturated heterocycles. The Morgan fingerprint density at radius 2 is 2.10 bits per heavy atom. The van der Waals surface area contributed by atoms with Gasteiger partial charge >= 0.3 is 0 Å². The van der Waals surface area contributed by atoms with Gasteiger partial charge in [-0.25, -0.2) is 4.98 Å². The van der Waals surface area contributed by atoms with E-state index in [2.05, 4.69) is 27.4 Å². The van der Waals surface area contributed by atoms with Crippen molar-refractivity contribution < 1.29 is 0 Å². The van der Waals surface area contributed by atoms with Gasteiger partial charge in [0, 0.05) is 5.69 Å². The molecule has 1 aliphatic rings. The molecule has 0 aliphatic heterocycles. The van der Waals surface area contributed by atoms with E-state index in [-0.39, 0.29) is 0 Å². The summed E-state index contributed by atoms with van der Waals surface area (Å²) in [5.74, 6) is 0.850. The predicted molar refractivity (Wildman–Crippen MR) is 81.7 cm³/mol. The molecule has 20 heavy (non-hydrogen) atoms. The molecule has 104 valence electrons. The van der Waals surface area contributed by atoms with Crippen LogP contribution in [0.1, 0.15) is 41.4 Å². The van der Waals surface area contributed by atoms with Crippen molar-refractivity contribution in [2.24, 2.45) is 0 Å². The van der Waals surface area contributed by atoms with E-state index in [1.165, 1.54) is 17.5 Å². The van der Waals surface area contributed by atoms with Crippen molar-refractivity contribution in [3.63, 3.8) is 0 Å². The normalized spacial score (nSPS) is 17.6. The molecule has 1 aromatic carbocycles. The van der Waals surface area contributed by atoms with E-state index >= 15 is 0 Å². The number of nitrogens with two attached hydrogens (primary N) is 1. The summed E-state index contributed by atoms with van der Waals surface area (Å²) >= 11 is 0. The number of rotatable bonds is 2. The van der Waals surface area contributed by atoms with Crippen LogP contribution < -0.4 is 11.1 Å². The van der Waals surface area contributed by atoms with Crippen LogP contribution in [0.5, 0.6) is 0 Å². The molecule has 3 rings (SSSR count). The number of nitrogen functional groups attached to an aromatic ring is 1. The molecule has 0 saturated carbocycles. The summed E-state index contributed by atoms with van der Waals surface area (Å²) in [6, 6.07) is 6.51. The maximum atomic E-state index is 5.87. The number of nitrogens with zero attached hydrogens (tertiary/aromatic N) is 2. The Morgan fingerprint density at radius 1 is 1.25 bits per heavy atom. The molecule has 2 aromatic rings. The van der Waals surface area contributed by atoms with Crippen molar-refractivity contribution in [2.45, 2.75) is 39.2 Å². The largest absolute Gasteiger partial charge is 0.399 e. The minimum atomic E-state index is 0.302. The fourth-order valence-corrected chi connectivity index (χ4v) is 2.77. The Labute approximate surface area is 119 Å². The summed E-state index contributed by atoms with van der Waals surface area (Å²) in [7, 11) is 0. The highest BCUT2D eigenvalue weighted by Crippen LogP contribution is 2.33. The molecule has 1 unspecified atom stereocenters. The van der Waals surface area contributed by atoms with Crippen LogP contribution >= 0.6 is 0 Å². The number of nitrogens with one attached hydrogen (secondary N) is 1. The third-order valence-electron chi connectivity index (χ3n) is 4.00. The van der Waals surface area contributed by atoms with Crippen molar-refractivity contribution in [3.05, 3.63) is 46.9 Å². The van der Waals surface area contributed by atoms with Crippen LogP contribution in [-0.4, -0.2) is 9.97 Å². The van der Waals surface area contributed by atoms with Gasteiger partial charge in [0.05, 0.1) is 23.6 Å². The molecule has 0 bridgehead atoms. The van der Waals surface area contributed by atoms with Gasteiger partial charge in [-0.3, -0.25) is 4.98 Å². The minimum Gasteiger partial charge on any atom is -0.399 e. The lowest BCUT2D eigenvalue weighted by Gasteiger charge is -2.27. The quantitative estimate of drug-likeness (QED) is 0.821. The number of hydrogen-bond acceptors (Lipinski definition) is 4. The van der Waals surface area contributed by atoms with E-state index in [0.29, 0.717) is 6.04 Å². The topological polar surface area (TPSA) is 63.8 Å². The lowest BCUT2D eigenvalue weighted by atomic mass is 9.87. The van der Waals surface area contributed by atoms with Crippen LogP contribution in [0.25, 0.3) is 0 Å². The molecule has 3 N–H and O–H groups in total. The Hall–Kier alpha value is -2.10. The molecule has 4 heteroatoms. The van der Waals surface area contributed by atoms with Gasteiger partial charge in [-0.15, -0.1) is 0 Å². The van der Waals surface area contributed by atoms with Crippen LogP contribution in [0.3, 0.4) is 0 Å². The van der Waals surface area contributed by atoms with Crippen LogP contribution in [0.4, 0.5) is 11.5 Å². The molecule has 1 atom stereocenters. The summed E-state index contributed by atoms with van der Waals surface area (Å²) in [4.78, 5) is 8.93. The smallest absolute Gasteiger partial charge is 0.145 e. The van der Waals surface area contributed by atoms with E-state index < -0.39 is 0 Å². The second-order valence-electron chi connectivity index (χ2n) is 5.47. The van der Waals surface area contributed by atoms with Crippen molar-refractivity contribution in [1.29, 1.82) is 0 Å². The molecule has 0 amide bonds. The van der Waals surface area contributed by atoms with E-state index in [0.717, 1.165) is 35.7 Å². The average molecular weight is 268 g/mol. The van der Waals surface area contributed by atoms with Gasteiger partial charge in [0.1, 0.15) is 5.82 Å². The first-order valence-corrected chi connectivity index (χ1v) is 7.08. The third kappa shape index (κ3) is 2.46. The summed E-state index contributed by atoms with van der Waals surface area (Å²) in [5.41, 5.74) is 11.4. The fourth-order valence-electron chi connectivity index (χ4n) is 2.77. The number of fused-ring (bicyclic) bond motifs is 1. The number of aromatic nitrogens is 2. The molecule has 4 nitrogen and oxygen atoms in total. The van der Waals surface area contributed by atoms with Gasteiger partial charge in [0.2, 0.25) is 0 Å². The Kier molecular flexibility index (Phi) is 3.30. The van der Waals surface area contributed by atoms with Gasteiger partial charge in [-0.2, -0.15) is 0 Å². The number of anilines is 2. The van der Waals surface area contributed by atoms with Gasteiger partial charge in [-0.05, 0) is 56.4 Å². The highest BCUT2D eigenvalue weighted by Gasteiger charge is 2.20. The summed E-state index contributed by atoms with van der Waals surface area (Å²) in [6.45, 7) is 3.97. The Bertz CT molecular complexity index is 636. The van der Waals surface area contributed by atoms with Crippen LogP contribution in [-0.2, 0) is 6.42 Å². The van der Waals surface area contributed by atoms with Gasteiger partial charge in [0.15, 0.2) is 0 Å². The second kappa shape index (κ2) is 5.12. The van der Waals surface area contributed by atoms with Crippen molar-refractivity contribution in [1.82, 2.24) is 9.97 Å². The van der Waals surface area contributed by atoms with Gasteiger partial charge < -0.3 is 11.1 Å². The SMILES string of the molecule is Cc1ncc(NC2CCCc3cc(N)ccc32)nc1C. The van der Waals surface area contributed by atoms with E-state index in [1.54, 1.807) is 0 Å². The molecule has 1 aliphatic carbocycles. The molecular formula is C16H20N4. The molecule has 1 heterocycles. The maximum Gasteiger partial charge on any atom is 0.145 e. The number of benzene rings is 1. The van der Waals surface area contributed by atoms with Crippen molar-refractivity contribution in [2.75, 3.05) is 11.1 Å². The first-order chi connectivity index (χ1) is 9.63. The summed E-state index contributed by atoms with van der Waals surface area (Å²) in [6.07, 6.45) is 5.21. The molecule has 0 radical (unpaired) electrons. The zero-order valence-corrected chi connectivity index (χ0v) is 12.0. The van der Waals surface area contributed by atoms with Crippen LogP contribution in [0.15, 0.2) is 24.4 Å². The lowest BCUT2D eigenvalue weighted by molar-refractivity contribution is 0.598. The zero-order valence-electron chi connectivity index (χ0n) is 12.0. The standard InChI is InChI=1S/C16H20N4/c1-10-11(2)19-16(9-18-10)20-15-5-3-4-12-8-13(17)6-7-14(12)15/h6-9,15H,3-5,17H2,1-2H3,(H,19,20). The maximum absolute atomic E-state index is 5.87. The fraction of sp³-hybridized carbons (Fsp3) is 0.375. The summed E-state index contributed by atoms with van der Waals surface area (Å²) < 4.78 is 0. The van der Waals surface area contributed by atoms with E-state index in [4.69, 9.17) is 5.73 Å². The van der Waals surface area contributed by atoms with Gasteiger partial charge in [-0.1, -0.05) is 6.07 Å². The van der Waals surface area contributed by atoms with Crippen molar-refractivity contribution >= 4 is 11.5 Å². The minimum absolute atomic E-state index is 0.302. The lowest BCUT2D eigenvalue weighted by Crippen LogP contribution is -2.18. The molecule has 1 aromatic heterocycles. The molecule has 0 spiro atoms. The third-order valence-corrected chi connectivity index (χ3v) is 4.00. The second-order valence-corrected chi connectivity index (χ2v) is 5.47. The highest BCUT2D eigenvalue weighted by molar-refractivity contribution is 5.49. The number of hydrogen-bond donors (Lipinski definition) is 2. The first-order valence-electron chi connectivity index (χ1n) is 7.08. The zero-order chi connectivity index (χ0) is 14.1.